The van der Waals surface area contributed by atoms with E-state index in [1.165, 1.54) is 0 Å². The van der Waals surface area contributed by atoms with Crippen LogP contribution in [0.3, 0.4) is 0 Å². The SMILES string of the molecule is CCOC(=O)c1cc(C(C)C)n(-c2ccc(C(=O)N[C@H](C)c3cccc4ccccc34)cc2)n1. The van der Waals surface area contributed by atoms with Gasteiger partial charge in [-0.25, -0.2) is 9.48 Å². The minimum atomic E-state index is -0.443. The van der Waals surface area contributed by atoms with E-state index in [9.17, 15) is 9.59 Å². The molecule has 1 N–H and O–H groups in total. The number of nitrogens with one attached hydrogen (secondary N) is 1. The Morgan fingerprint density at radius 3 is 2.38 bits per heavy atom. The van der Waals surface area contributed by atoms with Crippen LogP contribution in [-0.4, -0.2) is 28.3 Å². The van der Waals surface area contributed by atoms with Crippen molar-refractivity contribution in [1.29, 1.82) is 0 Å². The van der Waals surface area contributed by atoms with Crippen molar-refractivity contribution in [3.8, 4) is 5.69 Å². The highest BCUT2D eigenvalue weighted by Gasteiger charge is 2.19. The number of benzene rings is 3. The second kappa shape index (κ2) is 9.91. The molecule has 0 spiro atoms. The van der Waals surface area contributed by atoms with Gasteiger partial charge in [0.25, 0.3) is 5.91 Å². The fourth-order valence-corrected chi connectivity index (χ4v) is 4.06. The maximum absolute atomic E-state index is 13.0. The molecule has 0 aliphatic carbocycles. The summed E-state index contributed by atoms with van der Waals surface area (Å²) in [6.07, 6.45) is 0. The van der Waals surface area contributed by atoms with Gasteiger partial charge in [0.2, 0.25) is 0 Å². The summed E-state index contributed by atoms with van der Waals surface area (Å²) in [6, 6.07) is 23.1. The quantitative estimate of drug-likeness (QED) is 0.357. The summed E-state index contributed by atoms with van der Waals surface area (Å²) >= 11 is 0. The maximum atomic E-state index is 13.0. The van der Waals surface area contributed by atoms with Gasteiger partial charge in [0.15, 0.2) is 5.69 Å². The number of hydrogen-bond donors (Lipinski definition) is 1. The van der Waals surface area contributed by atoms with Gasteiger partial charge in [0, 0.05) is 11.3 Å². The first kappa shape index (κ1) is 23.2. The zero-order valence-electron chi connectivity index (χ0n) is 19.9. The lowest BCUT2D eigenvalue weighted by atomic mass is 9.99. The minimum Gasteiger partial charge on any atom is -0.461 e. The Balaban J connectivity index is 1.55. The number of fused-ring (bicyclic) bond motifs is 1. The zero-order valence-corrected chi connectivity index (χ0v) is 19.9. The van der Waals surface area contributed by atoms with Gasteiger partial charge in [-0.1, -0.05) is 56.3 Å². The maximum Gasteiger partial charge on any atom is 0.358 e. The van der Waals surface area contributed by atoms with E-state index in [-0.39, 0.29) is 23.6 Å². The fraction of sp³-hybridized carbons (Fsp3) is 0.250. The molecule has 1 aromatic heterocycles. The van der Waals surface area contributed by atoms with Crippen LogP contribution in [0.4, 0.5) is 0 Å². The van der Waals surface area contributed by atoms with E-state index in [2.05, 4.69) is 28.6 Å². The Labute approximate surface area is 199 Å². The molecule has 1 heterocycles. The van der Waals surface area contributed by atoms with Crippen LogP contribution in [0.15, 0.2) is 72.8 Å². The van der Waals surface area contributed by atoms with Crippen LogP contribution in [0.5, 0.6) is 0 Å². The molecule has 6 heteroatoms. The van der Waals surface area contributed by atoms with Gasteiger partial charge in [-0.3, -0.25) is 4.79 Å². The largest absolute Gasteiger partial charge is 0.461 e. The number of esters is 1. The summed E-state index contributed by atoms with van der Waals surface area (Å²) in [4.78, 5) is 25.1. The van der Waals surface area contributed by atoms with E-state index in [1.807, 2.05) is 57.2 Å². The van der Waals surface area contributed by atoms with E-state index in [0.717, 1.165) is 27.7 Å². The number of carbonyl (C=O) groups excluding carboxylic acids is 2. The second-order valence-electron chi connectivity index (χ2n) is 8.55. The Morgan fingerprint density at radius 1 is 0.971 bits per heavy atom. The standard InChI is InChI=1S/C28H29N3O3/c1-5-34-28(33)25-17-26(18(2)3)31(30-25)22-15-13-21(14-16-22)27(32)29-19(4)23-12-8-10-20-9-6-7-11-24(20)23/h6-19H,5H2,1-4H3,(H,29,32)/t19-/m1/s1. The first-order chi connectivity index (χ1) is 16.4. The first-order valence-electron chi connectivity index (χ1n) is 11.5. The molecular weight excluding hydrogens is 426 g/mol. The summed E-state index contributed by atoms with van der Waals surface area (Å²) in [5.74, 6) is -0.439. The average Bonchev–Trinajstić information content (AvgIpc) is 3.30. The molecule has 174 valence electrons. The molecule has 34 heavy (non-hydrogen) atoms. The number of amides is 1. The smallest absolute Gasteiger partial charge is 0.358 e. The Kier molecular flexibility index (Phi) is 6.77. The molecule has 0 bridgehead atoms. The Hall–Kier alpha value is -3.93. The molecule has 3 aromatic carbocycles. The molecule has 0 radical (unpaired) electrons. The van der Waals surface area contributed by atoms with Crippen LogP contribution in [0.1, 0.15) is 71.8 Å². The molecule has 0 aliphatic rings. The van der Waals surface area contributed by atoms with Crippen LogP contribution in [0, 0.1) is 0 Å². The number of ether oxygens (including phenoxy) is 1. The van der Waals surface area contributed by atoms with Crippen molar-refractivity contribution in [2.45, 2.75) is 39.7 Å². The van der Waals surface area contributed by atoms with Crippen LogP contribution in [0.2, 0.25) is 0 Å². The lowest BCUT2D eigenvalue weighted by molar-refractivity contribution is 0.0518. The third-order valence-electron chi connectivity index (χ3n) is 5.82. The van der Waals surface area contributed by atoms with Crippen molar-refractivity contribution in [2.75, 3.05) is 6.61 Å². The summed E-state index contributed by atoms with van der Waals surface area (Å²) in [7, 11) is 0. The molecule has 0 saturated heterocycles. The van der Waals surface area contributed by atoms with Crippen LogP contribution >= 0.6 is 0 Å². The van der Waals surface area contributed by atoms with Gasteiger partial charge >= 0.3 is 5.97 Å². The molecular formula is C28H29N3O3. The Bertz CT molecular complexity index is 1320. The van der Waals surface area contributed by atoms with Gasteiger partial charge in [-0.05, 0) is 66.4 Å². The molecule has 4 aromatic rings. The lowest BCUT2D eigenvalue weighted by Crippen LogP contribution is -2.26. The molecule has 0 unspecified atom stereocenters. The lowest BCUT2D eigenvalue weighted by Gasteiger charge is -2.17. The van der Waals surface area contributed by atoms with Crippen molar-refractivity contribution < 1.29 is 14.3 Å². The summed E-state index contributed by atoms with van der Waals surface area (Å²) in [6.45, 7) is 8.13. The van der Waals surface area contributed by atoms with E-state index in [1.54, 1.807) is 29.8 Å². The number of aromatic nitrogens is 2. The molecule has 0 aliphatic heterocycles. The third kappa shape index (κ3) is 4.71. The van der Waals surface area contributed by atoms with Crippen molar-refractivity contribution >= 4 is 22.6 Å². The fourth-order valence-electron chi connectivity index (χ4n) is 4.06. The summed E-state index contributed by atoms with van der Waals surface area (Å²) < 4.78 is 6.83. The second-order valence-corrected chi connectivity index (χ2v) is 8.55. The van der Waals surface area contributed by atoms with Crippen molar-refractivity contribution in [3.05, 3.63) is 95.3 Å². The van der Waals surface area contributed by atoms with Crippen molar-refractivity contribution in [2.24, 2.45) is 0 Å². The van der Waals surface area contributed by atoms with E-state index in [4.69, 9.17) is 4.74 Å². The number of rotatable bonds is 7. The van der Waals surface area contributed by atoms with E-state index in [0.29, 0.717) is 12.2 Å². The normalized spacial score (nSPS) is 12.0. The number of nitrogens with zero attached hydrogens (tertiary/aromatic N) is 2. The number of hydrogen-bond acceptors (Lipinski definition) is 4. The van der Waals surface area contributed by atoms with E-state index >= 15 is 0 Å². The molecule has 6 nitrogen and oxygen atoms in total. The molecule has 0 fully saturated rings. The minimum absolute atomic E-state index is 0.149. The predicted molar refractivity (Wildman–Crippen MR) is 133 cm³/mol. The van der Waals surface area contributed by atoms with E-state index < -0.39 is 5.97 Å². The molecule has 1 atom stereocenters. The highest BCUT2D eigenvalue weighted by atomic mass is 16.5. The topological polar surface area (TPSA) is 73.2 Å². The highest BCUT2D eigenvalue weighted by Crippen LogP contribution is 2.25. The van der Waals surface area contributed by atoms with Gasteiger partial charge in [-0.15, -0.1) is 0 Å². The van der Waals surface area contributed by atoms with Crippen LogP contribution in [-0.2, 0) is 4.74 Å². The van der Waals surface area contributed by atoms with Gasteiger partial charge in [0.1, 0.15) is 0 Å². The van der Waals surface area contributed by atoms with Crippen LogP contribution < -0.4 is 5.32 Å². The van der Waals surface area contributed by atoms with Gasteiger partial charge < -0.3 is 10.1 Å². The van der Waals surface area contributed by atoms with Gasteiger partial charge in [-0.2, -0.15) is 5.10 Å². The predicted octanol–water partition coefficient (Wildman–Crippen LogP) is 5.82. The first-order valence-corrected chi connectivity index (χ1v) is 11.5. The number of carbonyl (C=O) groups is 2. The summed E-state index contributed by atoms with van der Waals surface area (Å²) in [5, 5.41) is 9.83. The van der Waals surface area contributed by atoms with Gasteiger partial charge in [0.05, 0.1) is 18.3 Å². The average molecular weight is 456 g/mol. The van der Waals surface area contributed by atoms with Crippen molar-refractivity contribution in [1.82, 2.24) is 15.1 Å². The van der Waals surface area contributed by atoms with Crippen LogP contribution in [0.25, 0.3) is 16.5 Å². The third-order valence-corrected chi connectivity index (χ3v) is 5.82. The zero-order chi connectivity index (χ0) is 24.2. The highest BCUT2D eigenvalue weighted by molar-refractivity contribution is 5.95. The monoisotopic (exact) mass is 455 g/mol. The Morgan fingerprint density at radius 2 is 1.68 bits per heavy atom. The summed E-state index contributed by atoms with van der Waals surface area (Å²) in [5.41, 5.74) is 3.58. The molecule has 0 saturated carbocycles. The molecule has 1 amide bonds. The van der Waals surface area contributed by atoms with Crippen molar-refractivity contribution in [3.63, 3.8) is 0 Å². The molecule has 4 rings (SSSR count).